The molecule has 19 heavy (non-hydrogen) atoms. The van der Waals surface area contributed by atoms with Crippen LogP contribution in [0.15, 0.2) is 29.2 Å². The van der Waals surface area contributed by atoms with Gasteiger partial charge in [-0.25, -0.2) is 4.79 Å². The van der Waals surface area contributed by atoms with E-state index in [1.165, 1.54) is 24.4 Å². The average Bonchev–Trinajstić information content (AvgIpc) is 2.70. The molecular weight excluding hydrogens is 250 g/mol. The van der Waals surface area contributed by atoms with E-state index in [2.05, 4.69) is 15.3 Å². The Balaban J connectivity index is 2.32. The van der Waals surface area contributed by atoms with Gasteiger partial charge in [-0.3, -0.25) is 9.59 Å². The first-order chi connectivity index (χ1) is 8.99. The Morgan fingerprint density at radius 1 is 1.37 bits per heavy atom. The summed E-state index contributed by atoms with van der Waals surface area (Å²) < 4.78 is 0. The zero-order valence-electron chi connectivity index (χ0n) is 9.98. The number of carboxylic acid groups (broad SMARTS) is 1. The summed E-state index contributed by atoms with van der Waals surface area (Å²) in [5.74, 6) is -1.85. The summed E-state index contributed by atoms with van der Waals surface area (Å²) in [7, 11) is 0. The van der Waals surface area contributed by atoms with E-state index in [0.717, 1.165) is 0 Å². The first-order valence-electron chi connectivity index (χ1n) is 5.41. The maximum atomic E-state index is 11.9. The smallest absolute Gasteiger partial charge is 0.354 e. The van der Waals surface area contributed by atoms with Crippen molar-refractivity contribution >= 4 is 17.6 Å². The number of aryl methyl sites for hydroxylation is 1. The van der Waals surface area contributed by atoms with E-state index in [1.54, 1.807) is 6.92 Å². The van der Waals surface area contributed by atoms with Gasteiger partial charge in [0.1, 0.15) is 11.3 Å². The number of rotatable bonds is 3. The number of H-pyrrole nitrogens is 2. The van der Waals surface area contributed by atoms with Crippen LogP contribution in [0, 0.1) is 6.92 Å². The van der Waals surface area contributed by atoms with Gasteiger partial charge in [0.2, 0.25) is 0 Å². The molecule has 2 aromatic rings. The number of carbonyl (C=O) groups is 2. The first-order valence-corrected chi connectivity index (χ1v) is 5.41. The van der Waals surface area contributed by atoms with Gasteiger partial charge in [0.15, 0.2) is 0 Å². The Morgan fingerprint density at radius 2 is 2.11 bits per heavy atom. The van der Waals surface area contributed by atoms with Crippen molar-refractivity contribution in [2.75, 3.05) is 5.32 Å². The third-order valence-corrected chi connectivity index (χ3v) is 2.48. The average molecular weight is 261 g/mol. The molecule has 2 rings (SSSR count). The standard InChI is InChI=1S/C12H11N3O4/c1-6-5-8(9(14-6)12(18)19)15-11(17)7-3-2-4-13-10(7)16/h2-5,14H,1H3,(H,13,16)(H,15,17)(H,18,19). The fourth-order valence-corrected chi connectivity index (χ4v) is 1.65. The van der Waals surface area contributed by atoms with Crippen molar-refractivity contribution in [2.24, 2.45) is 0 Å². The number of hydrogen-bond acceptors (Lipinski definition) is 3. The molecule has 0 radical (unpaired) electrons. The molecule has 0 bridgehead atoms. The number of pyridine rings is 1. The summed E-state index contributed by atoms with van der Waals surface area (Å²) in [5.41, 5.74) is -0.0343. The van der Waals surface area contributed by atoms with Crippen molar-refractivity contribution in [3.8, 4) is 0 Å². The summed E-state index contributed by atoms with van der Waals surface area (Å²) in [6.07, 6.45) is 1.40. The Hall–Kier alpha value is -2.83. The van der Waals surface area contributed by atoms with Gasteiger partial charge in [-0.15, -0.1) is 0 Å². The van der Waals surface area contributed by atoms with Gasteiger partial charge in [-0.05, 0) is 25.1 Å². The Kier molecular flexibility index (Phi) is 3.19. The van der Waals surface area contributed by atoms with Crippen LogP contribution in [0.3, 0.4) is 0 Å². The second-order valence-corrected chi connectivity index (χ2v) is 3.91. The largest absolute Gasteiger partial charge is 0.477 e. The molecule has 1 amide bonds. The van der Waals surface area contributed by atoms with Crippen molar-refractivity contribution in [3.05, 3.63) is 51.7 Å². The maximum Gasteiger partial charge on any atom is 0.354 e. The van der Waals surface area contributed by atoms with E-state index in [4.69, 9.17) is 5.11 Å². The van der Waals surface area contributed by atoms with Crippen LogP contribution >= 0.6 is 0 Å². The Bertz CT molecular complexity index is 699. The first kappa shape index (κ1) is 12.6. The topological polar surface area (TPSA) is 115 Å². The van der Waals surface area contributed by atoms with Crippen LogP contribution in [-0.4, -0.2) is 27.0 Å². The SMILES string of the molecule is Cc1cc(NC(=O)c2ccc[nH]c2=O)c(C(=O)O)[nH]1. The van der Waals surface area contributed by atoms with Crippen LogP contribution in [0.25, 0.3) is 0 Å². The fraction of sp³-hybridized carbons (Fsp3) is 0.0833. The minimum absolute atomic E-state index is 0.0855. The number of carbonyl (C=O) groups excluding carboxylic acids is 1. The van der Waals surface area contributed by atoms with Gasteiger partial charge in [-0.1, -0.05) is 0 Å². The lowest BCUT2D eigenvalue weighted by atomic mass is 10.2. The fourth-order valence-electron chi connectivity index (χ4n) is 1.65. The summed E-state index contributed by atoms with van der Waals surface area (Å²) in [4.78, 5) is 39.3. The molecule has 0 aliphatic carbocycles. The maximum absolute atomic E-state index is 11.9. The highest BCUT2D eigenvalue weighted by atomic mass is 16.4. The summed E-state index contributed by atoms with van der Waals surface area (Å²) >= 11 is 0. The second-order valence-electron chi connectivity index (χ2n) is 3.91. The lowest BCUT2D eigenvalue weighted by molar-refractivity contribution is 0.0692. The third kappa shape index (κ3) is 2.54. The molecule has 98 valence electrons. The number of anilines is 1. The molecule has 2 aromatic heterocycles. The zero-order chi connectivity index (χ0) is 14.0. The van der Waals surface area contributed by atoms with E-state index >= 15 is 0 Å². The van der Waals surface area contributed by atoms with E-state index in [1.807, 2.05) is 0 Å². The molecule has 7 nitrogen and oxygen atoms in total. The zero-order valence-corrected chi connectivity index (χ0v) is 9.98. The van der Waals surface area contributed by atoms with Crippen molar-refractivity contribution in [2.45, 2.75) is 6.92 Å². The van der Waals surface area contributed by atoms with Gasteiger partial charge in [-0.2, -0.15) is 0 Å². The highest BCUT2D eigenvalue weighted by Gasteiger charge is 2.17. The van der Waals surface area contributed by atoms with Crippen LogP contribution in [-0.2, 0) is 0 Å². The molecule has 4 N–H and O–H groups in total. The number of hydrogen-bond donors (Lipinski definition) is 4. The molecule has 0 aromatic carbocycles. The highest BCUT2D eigenvalue weighted by molar-refractivity contribution is 6.07. The summed E-state index contributed by atoms with van der Waals surface area (Å²) in [6.45, 7) is 1.66. The normalized spacial score (nSPS) is 10.2. The lowest BCUT2D eigenvalue weighted by Gasteiger charge is -2.03. The van der Waals surface area contributed by atoms with E-state index in [9.17, 15) is 14.4 Å². The van der Waals surface area contributed by atoms with E-state index in [0.29, 0.717) is 5.69 Å². The second kappa shape index (κ2) is 4.81. The van der Waals surface area contributed by atoms with Crippen molar-refractivity contribution in [3.63, 3.8) is 0 Å². The molecule has 0 aliphatic heterocycles. The van der Waals surface area contributed by atoms with Gasteiger partial charge in [0.05, 0.1) is 5.69 Å². The highest BCUT2D eigenvalue weighted by Crippen LogP contribution is 2.17. The molecule has 0 fully saturated rings. The summed E-state index contributed by atoms with van der Waals surface area (Å²) in [6, 6.07) is 4.35. The number of amides is 1. The Labute approximate surface area is 107 Å². The number of aromatic carboxylic acids is 1. The number of carboxylic acids is 1. The van der Waals surface area contributed by atoms with Gasteiger partial charge < -0.3 is 20.4 Å². The number of nitrogens with one attached hydrogen (secondary N) is 3. The molecule has 2 heterocycles. The van der Waals surface area contributed by atoms with Gasteiger partial charge in [0, 0.05) is 11.9 Å². The third-order valence-electron chi connectivity index (χ3n) is 2.48. The van der Waals surface area contributed by atoms with Crippen molar-refractivity contribution in [1.29, 1.82) is 0 Å². The lowest BCUT2D eigenvalue weighted by Crippen LogP contribution is -2.23. The van der Waals surface area contributed by atoms with Crippen molar-refractivity contribution in [1.82, 2.24) is 9.97 Å². The molecule has 0 aliphatic rings. The summed E-state index contributed by atoms with van der Waals surface area (Å²) in [5, 5.41) is 11.4. The van der Waals surface area contributed by atoms with E-state index in [-0.39, 0.29) is 16.9 Å². The van der Waals surface area contributed by atoms with Gasteiger partial charge >= 0.3 is 5.97 Å². The molecular formula is C12H11N3O4. The minimum Gasteiger partial charge on any atom is -0.477 e. The van der Waals surface area contributed by atoms with Crippen LogP contribution in [0.4, 0.5) is 5.69 Å². The van der Waals surface area contributed by atoms with Crippen LogP contribution in [0.2, 0.25) is 0 Å². The Morgan fingerprint density at radius 3 is 2.74 bits per heavy atom. The molecule has 0 spiro atoms. The van der Waals surface area contributed by atoms with Gasteiger partial charge in [0.25, 0.3) is 11.5 Å². The predicted octanol–water partition coefficient (Wildman–Crippen LogP) is 0.962. The van der Waals surface area contributed by atoms with Crippen LogP contribution in [0.1, 0.15) is 26.5 Å². The van der Waals surface area contributed by atoms with Crippen LogP contribution < -0.4 is 10.9 Å². The molecule has 0 unspecified atom stereocenters. The quantitative estimate of drug-likeness (QED) is 0.658. The molecule has 0 saturated heterocycles. The predicted molar refractivity (Wildman–Crippen MR) is 67.5 cm³/mol. The van der Waals surface area contributed by atoms with Crippen LogP contribution in [0.5, 0.6) is 0 Å². The minimum atomic E-state index is -1.19. The number of aromatic amines is 2. The van der Waals surface area contributed by atoms with Crippen molar-refractivity contribution < 1.29 is 14.7 Å². The molecule has 7 heteroatoms. The monoisotopic (exact) mass is 261 g/mol. The molecule has 0 atom stereocenters. The molecule has 0 saturated carbocycles. The van der Waals surface area contributed by atoms with E-state index < -0.39 is 17.4 Å². The number of aromatic nitrogens is 2.